The van der Waals surface area contributed by atoms with Gasteiger partial charge in [-0.2, -0.15) is 0 Å². The molecule has 1 saturated heterocycles. The fraction of sp³-hybridized carbons (Fsp3) is 0.533. The Balaban J connectivity index is 2.03. The van der Waals surface area contributed by atoms with Crippen LogP contribution in [-0.2, 0) is 4.79 Å². The molecule has 2 rings (SSSR count). The van der Waals surface area contributed by atoms with Gasteiger partial charge in [-0.15, -0.1) is 0 Å². The number of carbonyl (C=O) groups is 1. The van der Waals surface area contributed by atoms with Crippen LogP contribution in [0.25, 0.3) is 0 Å². The van der Waals surface area contributed by atoms with Crippen LogP contribution in [0, 0.1) is 12.3 Å². The number of amides is 1. The molecule has 0 bridgehead atoms. The van der Waals surface area contributed by atoms with E-state index in [0.717, 1.165) is 25.1 Å². The fourth-order valence-corrected chi connectivity index (χ4v) is 2.40. The van der Waals surface area contributed by atoms with Crippen molar-refractivity contribution in [2.45, 2.75) is 33.2 Å². The molecule has 1 amide bonds. The van der Waals surface area contributed by atoms with Crippen molar-refractivity contribution in [2.75, 3.05) is 13.1 Å². The molecule has 1 aliphatic rings. The zero-order valence-electron chi connectivity index (χ0n) is 11.4. The maximum absolute atomic E-state index is 12.3. The van der Waals surface area contributed by atoms with Crippen molar-refractivity contribution in [3.63, 3.8) is 0 Å². The summed E-state index contributed by atoms with van der Waals surface area (Å²) in [6, 6.07) is 8.36. The summed E-state index contributed by atoms with van der Waals surface area (Å²) in [6.07, 6.45) is 0.916. The molecular formula is C15H22N2O. The van der Waals surface area contributed by atoms with Gasteiger partial charge in [0.1, 0.15) is 0 Å². The molecule has 0 aromatic heterocycles. The average Bonchev–Trinajstić information content (AvgIpc) is 2.77. The van der Waals surface area contributed by atoms with Crippen molar-refractivity contribution in [1.29, 1.82) is 0 Å². The van der Waals surface area contributed by atoms with Gasteiger partial charge in [-0.1, -0.05) is 29.8 Å². The van der Waals surface area contributed by atoms with E-state index in [1.807, 2.05) is 19.9 Å². The lowest BCUT2D eigenvalue weighted by atomic mass is 9.88. The Kier molecular flexibility index (Phi) is 3.71. The number of aryl methyl sites for hydroxylation is 1. The van der Waals surface area contributed by atoms with Crippen molar-refractivity contribution < 1.29 is 4.79 Å². The Labute approximate surface area is 109 Å². The van der Waals surface area contributed by atoms with Crippen molar-refractivity contribution >= 4 is 5.91 Å². The van der Waals surface area contributed by atoms with Gasteiger partial charge in [-0.3, -0.25) is 4.79 Å². The lowest BCUT2D eigenvalue weighted by Crippen LogP contribution is -2.41. The molecule has 3 nitrogen and oxygen atoms in total. The molecule has 1 aliphatic heterocycles. The Bertz CT molecular complexity index is 436. The van der Waals surface area contributed by atoms with Crippen LogP contribution in [-0.4, -0.2) is 19.0 Å². The zero-order chi connectivity index (χ0) is 13.2. The smallest absolute Gasteiger partial charge is 0.227 e. The fourth-order valence-electron chi connectivity index (χ4n) is 2.40. The first-order chi connectivity index (χ1) is 8.51. The third kappa shape index (κ3) is 2.72. The Morgan fingerprint density at radius 3 is 2.89 bits per heavy atom. The van der Waals surface area contributed by atoms with Gasteiger partial charge in [0.2, 0.25) is 5.91 Å². The molecule has 0 aliphatic carbocycles. The molecule has 18 heavy (non-hydrogen) atoms. The summed E-state index contributed by atoms with van der Waals surface area (Å²) in [4.78, 5) is 12.3. The molecule has 1 aromatic carbocycles. The van der Waals surface area contributed by atoms with Gasteiger partial charge in [0.15, 0.2) is 0 Å². The van der Waals surface area contributed by atoms with E-state index < -0.39 is 0 Å². The van der Waals surface area contributed by atoms with E-state index in [1.54, 1.807) is 0 Å². The number of hydrogen-bond acceptors (Lipinski definition) is 2. The predicted molar refractivity (Wildman–Crippen MR) is 73.3 cm³/mol. The van der Waals surface area contributed by atoms with Crippen LogP contribution in [0.4, 0.5) is 0 Å². The van der Waals surface area contributed by atoms with Crippen molar-refractivity contribution in [3.8, 4) is 0 Å². The highest BCUT2D eigenvalue weighted by molar-refractivity contribution is 5.83. The van der Waals surface area contributed by atoms with Crippen molar-refractivity contribution in [1.82, 2.24) is 10.6 Å². The molecule has 0 saturated carbocycles. The molecule has 98 valence electrons. The first kappa shape index (κ1) is 13.1. The van der Waals surface area contributed by atoms with E-state index in [4.69, 9.17) is 0 Å². The summed E-state index contributed by atoms with van der Waals surface area (Å²) in [7, 11) is 0. The lowest BCUT2D eigenvalue weighted by molar-refractivity contribution is -0.129. The first-order valence-corrected chi connectivity index (χ1v) is 6.59. The average molecular weight is 246 g/mol. The van der Waals surface area contributed by atoms with Crippen LogP contribution in [0.15, 0.2) is 24.3 Å². The molecule has 1 aromatic rings. The Morgan fingerprint density at radius 2 is 2.28 bits per heavy atom. The van der Waals surface area contributed by atoms with Crippen LogP contribution < -0.4 is 10.6 Å². The highest BCUT2D eigenvalue weighted by Gasteiger charge is 2.36. The third-order valence-corrected chi connectivity index (χ3v) is 3.81. The van der Waals surface area contributed by atoms with Crippen molar-refractivity contribution in [2.24, 2.45) is 5.41 Å². The topological polar surface area (TPSA) is 41.1 Å². The van der Waals surface area contributed by atoms with Crippen LogP contribution in [0.1, 0.15) is 37.4 Å². The number of rotatable bonds is 3. The number of nitrogens with one attached hydrogen (secondary N) is 2. The highest BCUT2D eigenvalue weighted by atomic mass is 16.2. The Hall–Kier alpha value is -1.35. The minimum absolute atomic E-state index is 0.0647. The van der Waals surface area contributed by atoms with Crippen LogP contribution in [0.5, 0.6) is 0 Å². The summed E-state index contributed by atoms with van der Waals surface area (Å²) in [5, 5.41) is 6.38. The monoisotopic (exact) mass is 246 g/mol. The molecule has 0 radical (unpaired) electrons. The predicted octanol–water partition coefficient (Wildman–Crippen LogP) is 2.17. The standard InChI is InChI=1S/C15H22N2O/c1-11-5-4-6-13(9-11)12(2)17-14(18)15(3)7-8-16-10-15/h4-6,9,12,16H,7-8,10H2,1-3H3,(H,17,18)/t12-,15?/m0/s1. The number of benzene rings is 1. The van der Waals surface area contributed by atoms with E-state index in [0.29, 0.717) is 0 Å². The summed E-state index contributed by atoms with van der Waals surface area (Å²) < 4.78 is 0. The summed E-state index contributed by atoms with van der Waals surface area (Å²) in [5.41, 5.74) is 2.14. The molecule has 2 N–H and O–H groups in total. The van der Waals surface area contributed by atoms with Gasteiger partial charge in [0, 0.05) is 6.54 Å². The SMILES string of the molecule is Cc1cccc([C@H](C)NC(=O)C2(C)CCNC2)c1. The second-order valence-corrected chi connectivity index (χ2v) is 5.60. The van der Waals surface area contributed by atoms with E-state index in [-0.39, 0.29) is 17.4 Å². The minimum atomic E-state index is -0.252. The maximum atomic E-state index is 12.3. The second-order valence-electron chi connectivity index (χ2n) is 5.60. The zero-order valence-corrected chi connectivity index (χ0v) is 11.4. The van der Waals surface area contributed by atoms with Crippen molar-refractivity contribution in [3.05, 3.63) is 35.4 Å². The van der Waals surface area contributed by atoms with Gasteiger partial charge in [0.05, 0.1) is 11.5 Å². The van der Waals surface area contributed by atoms with Gasteiger partial charge < -0.3 is 10.6 Å². The molecular weight excluding hydrogens is 224 g/mol. The summed E-state index contributed by atoms with van der Waals surface area (Å²) in [6.45, 7) is 7.85. The normalized spacial score (nSPS) is 24.8. The largest absolute Gasteiger partial charge is 0.349 e. The van der Waals surface area contributed by atoms with Gasteiger partial charge in [-0.05, 0) is 39.3 Å². The summed E-state index contributed by atoms with van der Waals surface area (Å²) >= 11 is 0. The van der Waals surface area contributed by atoms with Gasteiger partial charge in [-0.25, -0.2) is 0 Å². The van der Waals surface area contributed by atoms with E-state index in [9.17, 15) is 4.79 Å². The van der Waals surface area contributed by atoms with Crippen LogP contribution in [0.2, 0.25) is 0 Å². The lowest BCUT2D eigenvalue weighted by Gasteiger charge is -2.24. The van der Waals surface area contributed by atoms with Gasteiger partial charge in [0.25, 0.3) is 0 Å². The molecule has 1 unspecified atom stereocenters. The Morgan fingerprint density at radius 1 is 1.50 bits per heavy atom. The van der Waals surface area contributed by atoms with E-state index in [1.165, 1.54) is 5.56 Å². The molecule has 0 spiro atoms. The number of carbonyl (C=O) groups excluding carboxylic acids is 1. The van der Waals surface area contributed by atoms with Crippen LogP contribution in [0.3, 0.4) is 0 Å². The molecule has 2 atom stereocenters. The van der Waals surface area contributed by atoms with Crippen LogP contribution >= 0.6 is 0 Å². The van der Waals surface area contributed by atoms with E-state index >= 15 is 0 Å². The molecule has 1 fully saturated rings. The minimum Gasteiger partial charge on any atom is -0.349 e. The first-order valence-electron chi connectivity index (χ1n) is 6.59. The quantitative estimate of drug-likeness (QED) is 0.858. The van der Waals surface area contributed by atoms with Gasteiger partial charge >= 0.3 is 0 Å². The highest BCUT2D eigenvalue weighted by Crippen LogP contribution is 2.26. The van der Waals surface area contributed by atoms with E-state index in [2.05, 4.69) is 35.8 Å². The summed E-state index contributed by atoms with van der Waals surface area (Å²) in [5.74, 6) is 0.154. The molecule has 3 heteroatoms. The maximum Gasteiger partial charge on any atom is 0.227 e. The third-order valence-electron chi connectivity index (χ3n) is 3.81. The number of hydrogen-bond donors (Lipinski definition) is 2. The molecule has 1 heterocycles. The second kappa shape index (κ2) is 5.11.